The van der Waals surface area contributed by atoms with Crippen molar-refractivity contribution in [3.63, 3.8) is 0 Å². The van der Waals surface area contributed by atoms with E-state index in [1.165, 1.54) is 0 Å². The zero-order chi connectivity index (χ0) is 20.5. The molecule has 0 fully saturated rings. The molecule has 2 nitrogen and oxygen atoms in total. The number of benzene rings is 2. The van der Waals surface area contributed by atoms with Crippen molar-refractivity contribution in [2.45, 2.75) is 38.4 Å². The van der Waals surface area contributed by atoms with Gasteiger partial charge >= 0.3 is 0 Å². The first-order valence-corrected chi connectivity index (χ1v) is 9.82. The van der Waals surface area contributed by atoms with Crippen LogP contribution in [0, 0.1) is 11.8 Å². The maximum absolute atomic E-state index is 10.7. The summed E-state index contributed by atoms with van der Waals surface area (Å²) in [4.78, 5) is 0. The van der Waals surface area contributed by atoms with Gasteiger partial charge in [-0.15, -0.1) is 6.58 Å². The summed E-state index contributed by atoms with van der Waals surface area (Å²) in [7, 11) is 0. The van der Waals surface area contributed by atoms with Crippen LogP contribution < -0.4 is 0 Å². The molecule has 0 aromatic heterocycles. The van der Waals surface area contributed by atoms with Crippen LogP contribution in [0.3, 0.4) is 0 Å². The first kappa shape index (κ1) is 22.3. The fraction of sp³-hybridized carbons (Fsp3) is 0.250. The van der Waals surface area contributed by atoms with E-state index in [1.807, 2.05) is 13.0 Å². The van der Waals surface area contributed by atoms with E-state index in [4.69, 9.17) is 23.2 Å². The van der Waals surface area contributed by atoms with Crippen molar-refractivity contribution in [2.24, 2.45) is 0 Å². The zero-order valence-corrected chi connectivity index (χ0v) is 17.3. The molecule has 2 atom stereocenters. The number of hydrogen-bond acceptors (Lipinski definition) is 2. The quantitative estimate of drug-likeness (QED) is 0.404. The van der Waals surface area contributed by atoms with Gasteiger partial charge < -0.3 is 10.2 Å². The maximum Gasteiger partial charge on any atom is 0.111 e. The standard InChI is InChI=1S/C24H24Cl2O2/c1-17(2)5-3-6-19(24(28)20-11-15-22(26)16-12-20)7-4-8-23(27)18-9-13-21(25)14-10-18/h6,9-16,23-24,27-28H,1,3,5,8H2,2H3/b19-6+. The van der Waals surface area contributed by atoms with Crippen LogP contribution in [-0.2, 0) is 0 Å². The Morgan fingerprint density at radius 3 is 2.07 bits per heavy atom. The second-order valence-electron chi connectivity index (χ2n) is 6.68. The molecule has 0 amide bonds. The molecule has 0 radical (unpaired) electrons. The highest BCUT2D eigenvalue weighted by atomic mass is 35.5. The summed E-state index contributed by atoms with van der Waals surface area (Å²) in [6.45, 7) is 5.87. The summed E-state index contributed by atoms with van der Waals surface area (Å²) in [6, 6.07) is 14.1. The Morgan fingerprint density at radius 2 is 1.54 bits per heavy atom. The highest BCUT2D eigenvalue weighted by molar-refractivity contribution is 6.30. The van der Waals surface area contributed by atoms with E-state index >= 15 is 0 Å². The van der Waals surface area contributed by atoms with Gasteiger partial charge in [-0.1, -0.05) is 71.0 Å². The fourth-order valence-corrected chi connectivity index (χ4v) is 2.83. The number of halogens is 2. The molecule has 0 aliphatic heterocycles. The second-order valence-corrected chi connectivity index (χ2v) is 7.56. The lowest BCUT2D eigenvalue weighted by atomic mass is 9.99. The topological polar surface area (TPSA) is 40.5 Å². The summed E-state index contributed by atoms with van der Waals surface area (Å²) in [5.41, 5.74) is 3.15. The summed E-state index contributed by atoms with van der Waals surface area (Å²) in [5.74, 6) is 6.02. The normalized spacial score (nSPS) is 13.4. The Bertz CT molecular complexity index is 872. The average molecular weight is 415 g/mol. The summed E-state index contributed by atoms with van der Waals surface area (Å²) in [6.07, 6.45) is 2.19. The minimum Gasteiger partial charge on any atom is -0.387 e. The third kappa shape index (κ3) is 7.19. The SMILES string of the molecule is C=C(C)CC/C=C(\C#CCC(O)c1ccc(Cl)cc1)C(O)c1ccc(Cl)cc1. The fourth-order valence-electron chi connectivity index (χ4n) is 2.58. The largest absolute Gasteiger partial charge is 0.387 e. The van der Waals surface area contributed by atoms with E-state index < -0.39 is 12.2 Å². The van der Waals surface area contributed by atoms with Gasteiger partial charge in [-0.3, -0.25) is 0 Å². The summed E-state index contributed by atoms with van der Waals surface area (Å²) in [5, 5.41) is 22.3. The number of aliphatic hydroxyl groups is 2. The van der Waals surface area contributed by atoms with Crippen LogP contribution in [0.4, 0.5) is 0 Å². The molecule has 0 aliphatic carbocycles. The Labute approximate surface area is 177 Å². The van der Waals surface area contributed by atoms with Crippen molar-refractivity contribution < 1.29 is 10.2 Å². The second kappa shape index (κ2) is 11.1. The van der Waals surface area contributed by atoms with Gasteiger partial charge in [-0.25, -0.2) is 0 Å². The Morgan fingerprint density at radius 1 is 1.00 bits per heavy atom. The molecule has 0 saturated carbocycles. The van der Waals surface area contributed by atoms with Crippen molar-refractivity contribution in [3.05, 3.63) is 93.5 Å². The lowest BCUT2D eigenvalue weighted by molar-refractivity contribution is 0.184. The lowest BCUT2D eigenvalue weighted by Crippen LogP contribution is -2.01. The molecule has 146 valence electrons. The summed E-state index contributed by atoms with van der Waals surface area (Å²) < 4.78 is 0. The van der Waals surface area contributed by atoms with Gasteiger partial charge in [0.25, 0.3) is 0 Å². The molecule has 0 saturated heterocycles. The Hall–Kier alpha value is -2.02. The molecule has 0 heterocycles. The van der Waals surface area contributed by atoms with E-state index in [0.717, 1.165) is 29.5 Å². The van der Waals surface area contributed by atoms with Crippen LogP contribution in [-0.4, -0.2) is 10.2 Å². The Kier molecular flexibility index (Phi) is 8.83. The van der Waals surface area contributed by atoms with E-state index in [1.54, 1.807) is 48.5 Å². The van der Waals surface area contributed by atoms with Crippen LogP contribution in [0.1, 0.15) is 49.5 Å². The van der Waals surface area contributed by atoms with Crippen LogP contribution in [0.15, 0.2) is 72.3 Å². The molecular formula is C24H24Cl2O2. The number of hydrogen-bond donors (Lipinski definition) is 2. The highest BCUT2D eigenvalue weighted by Crippen LogP contribution is 2.24. The summed E-state index contributed by atoms with van der Waals surface area (Å²) >= 11 is 11.8. The predicted molar refractivity (Wildman–Crippen MR) is 117 cm³/mol. The van der Waals surface area contributed by atoms with Crippen LogP contribution in [0.25, 0.3) is 0 Å². The van der Waals surface area contributed by atoms with E-state index in [-0.39, 0.29) is 6.42 Å². The predicted octanol–water partition coefficient (Wildman–Crippen LogP) is 6.44. The van der Waals surface area contributed by atoms with Gasteiger partial charge in [-0.05, 0) is 55.2 Å². The van der Waals surface area contributed by atoms with E-state index in [0.29, 0.717) is 15.6 Å². The average Bonchev–Trinajstić information content (AvgIpc) is 2.67. The van der Waals surface area contributed by atoms with Crippen LogP contribution in [0.2, 0.25) is 10.0 Å². The van der Waals surface area contributed by atoms with Crippen LogP contribution >= 0.6 is 23.2 Å². The molecule has 0 spiro atoms. The minimum atomic E-state index is -0.845. The third-order valence-corrected chi connectivity index (χ3v) is 4.70. The van der Waals surface area contributed by atoms with E-state index in [2.05, 4.69) is 18.4 Å². The van der Waals surface area contributed by atoms with Gasteiger partial charge in [0.1, 0.15) is 6.10 Å². The molecule has 4 heteroatoms. The van der Waals surface area contributed by atoms with Gasteiger partial charge in [0, 0.05) is 22.0 Å². The van der Waals surface area contributed by atoms with Crippen molar-refractivity contribution in [3.8, 4) is 11.8 Å². The molecule has 2 rings (SSSR count). The van der Waals surface area contributed by atoms with Gasteiger partial charge in [-0.2, -0.15) is 0 Å². The molecular weight excluding hydrogens is 391 g/mol. The number of rotatable bonds is 7. The first-order valence-electron chi connectivity index (χ1n) is 9.07. The minimum absolute atomic E-state index is 0.257. The Balaban J connectivity index is 2.15. The number of aliphatic hydroxyl groups excluding tert-OH is 2. The smallest absolute Gasteiger partial charge is 0.111 e. The van der Waals surface area contributed by atoms with Crippen molar-refractivity contribution >= 4 is 23.2 Å². The zero-order valence-electron chi connectivity index (χ0n) is 15.8. The highest BCUT2D eigenvalue weighted by Gasteiger charge is 2.12. The van der Waals surface area contributed by atoms with Crippen molar-refractivity contribution in [1.82, 2.24) is 0 Å². The van der Waals surface area contributed by atoms with E-state index in [9.17, 15) is 10.2 Å². The van der Waals surface area contributed by atoms with Gasteiger partial charge in [0.2, 0.25) is 0 Å². The molecule has 2 aromatic carbocycles. The van der Waals surface area contributed by atoms with Gasteiger partial charge in [0.15, 0.2) is 0 Å². The van der Waals surface area contributed by atoms with Crippen molar-refractivity contribution in [2.75, 3.05) is 0 Å². The molecule has 0 bridgehead atoms. The molecule has 2 unspecified atom stereocenters. The third-order valence-electron chi connectivity index (χ3n) is 4.20. The first-order chi connectivity index (χ1) is 13.4. The van der Waals surface area contributed by atoms with Crippen molar-refractivity contribution in [1.29, 1.82) is 0 Å². The van der Waals surface area contributed by atoms with Crippen LogP contribution in [0.5, 0.6) is 0 Å². The number of allylic oxidation sites excluding steroid dienone is 2. The monoisotopic (exact) mass is 414 g/mol. The molecule has 28 heavy (non-hydrogen) atoms. The lowest BCUT2D eigenvalue weighted by Gasteiger charge is -2.12. The maximum atomic E-state index is 10.7. The molecule has 2 N–H and O–H groups in total. The van der Waals surface area contributed by atoms with Gasteiger partial charge in [0.05, 0.1) is 6.10 Å². The molecule has 0 aliphatic rings. The molecule has 2 aromatic rings.